The van der Waals surface area contributed by atoms with Gasteiger partial charge in [-0.2, -0.15) is 0 Å². The van der Waals surface area contributed by atoms with E-state index in [2.05, 4.69) is 30.6 Å². The molecule has 0 saturated heterocycles. The van der Waals surface area contributed by atoms with Crippen LogP contribution in [0.2, 0.25) is 0 Å². The van der Waals surface area contributed by atoms with E-state index in [9.17, 15) is 4.79 Å². The van der Waals surface area contributed by atoms with Crippen LogP contribution in [0.4, 0.5) is 0 Å². The Balaban J connectivity index is 2.46. The normalized spacial score (nSPS) is 12.1. The summed E-state index contributed by atoms with van der Waals surface area (Å²) in [7, 11) is 0. The first kappa shape index (κ1) is 18.5. The summed E-state index contributed by atoms with van der Waals surface area (Å²) in [5.74, 6) is 1.46. The molecule has 0 amide bonds. The van der Waals surface area contributed by atoms with Gasteiger partial charge in [0.25, 0.3) is 0 Å². The van der Waals surface area contributed by atoms with Crippen LogP contribution in [0, 0.1) is 0 Å². The van der Waals surface area contributed by atoms with Crippen molar-refractivity contribution >= 4 is 40.8 Å². The van der Waals surface area contributed by atoms with Gasteiger partial charge in [0.1, 0.15) is 6.10 Å². The van der Waals surface area contributed by atoms with Crippen LogP contribution in [-0.4, -0.2) is 33.8 Å². The quantitative estimate of drug-likeness (QED) is 0.355. The molecule has 0 fully saturated rings. The standard InChI is InChI=1S/C14H22N2O2S3/c1-5-7-11(18-12(17)10(3)4)9-20-14-16-15-13(21-14)19-8-6-2/h11H,3,5-9H2,1-2,4H3. The van der Waals surface area contributed by atoms with Crippen molar-refractivity contribution in [2.45, 2.75) is 54.8 Å². The molecule has 0 aliphatic rings. The van der Waals surface area contributed by atoms with Crippen molar-refractivity contribution in [1.29, 1.82) is 0 Å². The number of hydrogen-bond acceptors (Lipinski definition) is 7. The van der Waals surface area contributed by atoms with Crippen molar-refractivity contribution in [1.82, 2.24) is 10.2 Å². The second-order valence-corrected chi connectivity index (χ2v) is 8.18. The van der Waals surface area contributed by atoms with Crippen LogP contribution in [0.15, 0.2) is 20.8 Å². The molecule has 1 heterocycles. The largest absolute Gasteiger partial charge is 0.458 e. The van der Waals surface area contributed by atoms with E-state index in [1.165, 1.54) is 0 Å². The lowest BCUT2D eigenvalue weighted by atomic mass is 10.2. The Bertz CT molecular complexity index is 463. The maximum absolute atomic E-state index is 11.6. The highest BCUT2D eigenvalue weighted by molar-refractivity contribution is 8.03. The van der Waals surface area contributed by atoms with Crippen molar-refractivity contribution in [3.8, 4) is 0 Å². The van der Waals surface area contributed by atoms with Crippen LogP contribution in [-0.2, 0) is 9.53 Å². The first-order valence-electron chi connectivity index (χ1n) is 7.02. The monoisotopic (exact) mass is 346 g/mol. The number of esters is 1. The first-order valence-corrected chi connectivity index (χ1v) is 9.81. The zero-order chi connectivity index (χ0) is 15.7. The van der Waals surface area contributed by atoms with Crippen molar-refractivity contribution in [2.24, 2.45) is 0 Å². The summed E-state index contributed by atoms with van der Waals surface area (Å²) in [6, 6.07) is 0. The Morgan fingerprint density at radius 3 is 2.52 bits per heavy atom. The van der Waals surface area contributed by atoms with Crippen LogP contribution in [0.3, 0.4) is 0 Å². The molecule has 1 rings (SSSR count). The van der Waals surface area contributed by atoms with Crippen molar-refractivity contribution in [3.05, 3.63) is 12.2 Å². The number of rotatable bonds is 10. The van der Waals surface area contributed by atoms with E-state index in [4.69, 9.17) is 4.74 Å². The minimum Gasteiger partial charge on any atom is -0.458 e. The van der Waals surface area contributed by atoms with Gasteiger partial charge < -0.3 is 4.74 Å². The maximum atomic E-state index is 11.6. The highest BCUT2D eigenvalue weighted by Crippen LogP contribution is 2.30. The Morgan fingerprint density at radius 1 is 1.29 bits per heavy atom. The summed E-state index contributed by atoms with van der Waals surface area (Å²) in [6.45, 7) is 9.51. The molecule has 0 bridgehead atoms. The average Bonchev–Trinajstić information content (AvgIpc) is 2.90. The molecule has 1 unspecified atom stereocenters. The fraction of sp³-hybridized carbons (Fsp3) is 0.643. The van der Waals surface area contributed by atoms with Gasteiger partial charge in [-0.15, -0.1) is 10.2 Å². The van der Waals surface area contributed by atoms with Gasteiger partial charge in [-0.25, -0.2) is 4.79 Å². The van der Waals surface area contributed by atoms with Gasteiger partial charge in [0, 0.05) is 17.1 Å². The lowest BCUT2D eigenvalue weighted by Gasteiger charge is -2.16. The number of nitrogens with zero attached hydrogens (tertiary/aromatic N) is 2. The van der Waals surface area contributed by atoms with Gasteiger partial charge in [-0.1, -0.05) is 61.7 Å². The molecule has 21 heavy (non-hydrogen) atoms. The molecule has 1 atom stereocenters. The third kappa shape index (κ3) is 7.33. The van der Waals surface area contributed by atoms with Crippen LogP contribution in [0.1, 0.15) is 40.0 Å². The summed E-state index contributed by atoms with van der Waals surface area (Å²) in [5, 5.41) is 8.32. The predicted octanol–water partition coefficient (Wildman–Crippen LogP) is 4.42. The maximum Gasteiger partial charge on any atom is 0.333 e. The van der Waals surface area contributed by atoms with Crippen LogP contribution in [0.25, 0.3) is 0 Å². The van der Waals surface area contributed by atoms with Crippen LogP contribution in [0.5, 0.6) is 0 Å². The molecule has 1 aromatic heterocycles. The summed E-state index contributed by atoms with van der Waals surface area (Å²) < 4.78 is 7.37. The zero-order valence-corrected chi connectivity index (χ0v) is 15.2. The van der Waals surface area contributed by atoms with Gasteiger partial charge in [-0.3, -0.25) is 0 Å². The van der Waals surface area contributed by atoms with Gasteiger partial charge in [0.2, 0.25) is 0 Å². The molecule has 0 saturated carbocycles. The summed E-state index contributed by atoms with van der Waals surface area (Å²) in [4.78, 5) is 11.6. The van der Waals surface area contributed by atoms with Crippen molar-refractivity contribution in [3.63, 3.8) is 0 Å². The van der Waals surface area contributed by atoms with Gasteiger partial charge in [-0.05, 0) is 19.8 Å². The van der Waals surface area contributed by atoms with E-state index in [1.54, 1.807) is 41.8 Å². The second-order valence-electron chi connectivity index (χ2n) is 4.59. The third-order valence-corrected chi connectivity index (χ3v) is 5.97. The van der Waals surface area contributed by atoms with E-state index in [-0.39, 0.29) is 12.1 Å². The molecule has 0 radical (unpaired) electrons. The molecule has 7 heteroatoms. The van der Waals surface area contributed by atoms with Gasteiger partial charge in [0.15, 0.2) is 8.68 Å². The van der Waals surface area contributed by atoms with E-state index >= 15 is 0 Å². The Morgan fingerprint density at radius 2 is 1.95 bits per heavy atom. The lowest BCUT2D eigenvalue weighted by Crippen LogP contribution is -2.20. The van der Waals surface area contributed by atoms with Crippen LogP contribution < -0.4 is 0 Å². The number of aromatic nitrogens is 2. The van der Waals surface area contributed by atoms with Gasteiger partial charge >= 0.3 is 5.97 Å². The Kier molecular flexibility index (Phi) is 9.03. The number of thioether (sulfide) groups is 2. The van der Waals surface area contributed by atoms with E-state index in [1.807, 2.05) is 0 Å². The second kappa shape index (κ2) is 10.2. The van der Waals surface area contributed by atoms with Crippen molar-refractivity contribution in [2.75, 3.05) is 11.5 Å². The van der Waals surface area contributed by atoms with E-state index in [0.29, 0.717) is 11.3 Å². The lowest BCUT2D eigenvalue weighted by molar-refractivity contribution is -0.143. The summed E-state index contributed by atoms with van der Waals surface area (Å²) in [5.41, 5.74) is 0.440. The number of hydrogen-bond donors (Lipinski definition) is 0. The molecule has 0 spiro atoms. The fourth-order valence-corrected chi connectivity index (χ4v) is 4.43. The molecule has 1 aromatic rings. The topological polar surface area (TPSA) is 52.1 Å². The number of carbonyl (C=O) groups excluding carboxylic acids is 1. The average molecular weight is 347 g/mol. The van der Waals surface area contributed by atoms with Crippen molar-refractivity contribution < 1.29 is 9.53 Å². The minimum atomic E-state index is -0.314. The molecule has 0 N–H and O–H groups in total. The molecule has 118 valence electrons. The Hall–Kier alpha value is -0.530. The molecular formula is C14H22N2O2S3. The van der Waals surface area contributed by atoms with Crippen LogP contribution >= 0.6 is 34.9 Å². The SMILES string of the molecule is C=C(C)C(=O)OC(CCC)CSc1nnc(SCCC)s1. The zero-order valence-electron chi connectivity index (χ0n) is 12.8. The van der Waals surface area contributed by atoms with E-state index in [0.717, 1.165) is 33.7 Å². The molecule has 4 nitrogen and oxygen atoms in total. The third-order valence-electron chi connectivity index (χ3n) is 2.44. The Labute approximate surface area is 139 Å². The number of ether oxygens (including phenoxy) is 1. The van der Waals surface area contributed by atoms with E-state index < -0.39 is 0 Å². The first-order chi connectivity index (χ1) is 10.1. The smallest absolute Gasteiger partial charge is 0.333 e. The molecule has 0 aromatic carbocycles. The molecular weight excluding hydrogens is 324 g/mol. The highest BCUT2D eigenvalue weighted by atomic mass is 32.2. The predicted molar refractivity (Wildman–Crippen MR) is 91.3 cm³/mol. The fourth-order valence-electron chi connectivity index (χ4n) is 1.42. The summed E-state index contributed by atoms with van der Waals surface area (Å²) >= 11 is 4.94. The summed E-state index contributed by atoms with van der Waals surface area (Å²) in [6.07, 6.45) is 2.85. The molecule has 0 aliphatic carbocycles. The minimum absolute atomic E-state index is 0.0974. The highest BCUT2D eigenvalue weighted by Gasteiger charge is 2.16. The van der Waals surface area contributed by atoms with Gasteiger partial charge in [0.05, 0.1) is 0 Å². The molecule has 0 aliphatic heterocycles. The number of carbonyl (C=O) groups is 1.